The van der Waals surface area contributed by atoms with Gasteiger partial charge in [-0.1, -0.05) is 34.8 Å². The quantitative estimate of drug-likeness (QED) is 0.824. The summed E-state index contributed by atoms with van der Waals surface area (Å²) in [7, 11) is 0. The molecule has 0 atom stereocenters. The lowest BCUT2D eigenvalue weighted by molar-refractivity contribution is 0.0696. The number of hydrogen-bond donors (Lipinski definition) is 2. The first kappa shape index (κ1) is 15.6. The molecule has 0 spiro atoms. The summed E-state index contributed by atoms with van der Waals surface area (Å²) < 4.78 is 0. The number of carbonyl (C=O) groups excluding carboxylic acids is 1. The summed E-state index contributed by atoms with van der Waals surface area (Å²) in [6.45, 7) is 0. The standard InChI is InChI=1S/C13H7Cl3N2O3/c14-8-3-6(13(20)21)1-2-10(8)18-12(19)7-4-9(15)11(16)17-5-7/h1-5H,(H,18,19)(H,20,21). The van der Waals surface area contributed by atoms with Crippen molar-refractivity contribution in [3.63, 3.8) is 0 Å². The molecule has 0 fully saturated rings. The number of carbonyl (C=O) groups is 2. The largest absolute Gasteiger partial charge is 0.478 e. The molecule has 108 valence electrons. The normalized spacial score (nSPS) is 10.2. The number of aromatic carboxylic acids is 1. The lowest BCUT2D eigenvalue weighted by Crippen LogP contribution is -2.13. The van der Waals surface area contributed by atoms with Crippen LogP contribution < -0.4 is 5.32 Å². The first-order chi connectivity index (χ1) is 9.88. The maximum Gasteiger partial charge on any atom is 0.335 e. The van der Waals surface area contributed by atoms with Gasteiger partial charge in [-0.2, -0.15) is 0 Å². The first-order valence-corrected chi connectivity index (χ1v) is 6.67. The van der Waals surface area contributed by atoms with Crippen LogP contribution >= 0.6 is 34.8 Å². The van der Waals surface area contributed by atoms with Crippen LogP contribution in [0.4, 0.5) is 5.69 Å². The maximum atomic E-state index is 12.0. The molecule has 2 rings (SSSR count). The van der Waals surface area contributed by atoms with Gasteiger partial charge in [0.2, 0.25) is 0 Å². The van der Waals surface area contributed by atoms with Crippen molar-refractivity contribution >= 4 is 52.4 Å². The molecule has 0 aliphatic heterocycles. The van der Waals surface area contributed by atoms with Crippen molar-refractivity contribution in [2.45, 2.75) is 0 Å². The molecule has 21 heavy (non-hydrogen) atoms. The molecule has 0 aliphatic rings. The molecule has 1 amide bonds. The van der Waals surface area contributed by atoms with Gasteiger partial charge in [-0.05, 0) is 24.3 Å². The number of benzene rings is 1. The highest BCUT2D eigenvalue weighted by Crippen LogP contribution is 2.25. The van der Waals surface area contributed by atoms with Crippen LogP contribution in [-0.4, -0.2) is 22.0 Å². The first-order valence-electron chi connectivity index (χ1n) is 5.53. The highest BCUT2D eigenvalue weighted by Gasteiger charge is 2.12. The predicted molar refractivity (Wildman–Crippen MR) is 80.6 cm³/mol. The van der Waals surface area contributed by atoms with Gasteiger partial charge in [-0.15, -0.1) is 0 Å². The minimum atomic E-state index is -1.11. The molecular weight excluding hydrogens is 339 g/mol. The number of nitrogens with one attached hydrogen (secondary N) is 1. The fraction of sp³-hybridized carbons (Fsp3) is 0. The number of carboxylic acid groups (broad SMARTS) is 1. The van der Waals surface area contributed by atoms with E-state index in [9.17, 15) is 9.59 Å². The number of pyridine rings is 1. The van der Waals surface area contributed by atoms with Crippen LogP contribution in [0.25, 0.3) is 0 Å². The van der Waals surface area contributed by atoms with Gasteiger partial charge in [0.25, 0.3) is 5.91 Å². The van der Waals surface area contributed by atoms with Crippen LogP contribution in [-0.2, 0) is 0 Å². The van der Waals surface area contributed by atoms with Crippen LogP contribution in [0.2, 0.25) is 15.2 Å². The minimum Gasteiger partial charge on any atom is -0.478 e. The highest BCUT2D eigenvalue weighted by atomic mass is 35.5. The zero-order valence-electron chi connectivity index (χ0n) is 10.2. The number of amides is 1. The number of carboxylic acids is 1. The Hall–Kier alpha value is -1.82. The third kappa shape index (κ3) is 3.64. The summed E-state index contributed by atoms with van der Waals surface area (Å²) in [6, 6.07) is 5.34. The summed E-state index contributed by atoms with van der Waals surface area (Å²) in [5.74, 6) is -1.60. The number of aromatic nitrogens is 1. The van der Waals surface area contributed by atoms with Crippen molar-refractivity contribution in [1.29, 1.82) is 0 Å². The van der Waals surface area contributed by atoms with Crippen molar-refractivity contribution in [3.8, 4) is 0 Å². The van der Waals surface area contributed by atoms with E-state index in [1.165, 1.54) is 30.5 Å². The second-order valence-electron chi connectivity index (χ2n) is 3.95. The summed E-state index contributed by atoms with van der Waals surface area (Å²) in [4.78, 5) is 26.6. The van der Waals surface area contributed by atoms with Gasteiger partial charge in [-0.25, -0.2) is 9.78 Å². The maximum absolute atomic E-state index is 12.0. The predicted octanol–water partition coefficient (Wildman–Crippen LogP) is 3.99. The Balaban J connectivity index is 2.23. The Kier molecular flexibility index (Phi) is 4.67. The molecule has 8 heteroatoms. The molecule has 2 aromatic rings. The molecule has 0 radical (unpaired) electrons. The fourth-order valence-corrected chi connectivity index (χ4v) is 1.99. The van der Waals surface area contributed by atoms with E-state index >= 15 is 0 Å². The number of anilines is 1. The van der Waals surface area contributed by atoms with Crippen molar-refractivity contribution in [1.82, 2.24) is 4.98 Å². The molecular formula is C13H7Cl3N2O3. The minimum absolute atomic E-state index is 0.0224. The third-order valence-electron chi connectivity index (χ3n) is 2.52. The fourth-order valence-electron chi connectivity index (χ4n) is 1.49. The average Bonchev–Trinajstić information content (AvgIpc) is 2.43. The van der Waals surface area contributed by atoms with Gasteiger partial charge in [-0.3, -0.25) is 4.79 Å². The Morgan fingerprint density at radius 3 is 2.29 bits per heavy atom. The van der Waals surface area contributed by atoms with Crippen molar-refractivity contribution in [2.75, 3.05) is 5.32 Å². The van der Waals surface area contributed by atoms with Crippen LogP contribution in [0.15, 0.2) is 30.5 Å². The van der Waals surface area contributed by atoms with Gasteiger partial charge >= 0.3 is 5.97 Å². The van der Waals surface area contributed by atoms with E-state index in [2.05, 4.69) is 10.3 Å². The molecule has 0 saturated heterocycles. The summed E-state index contributed by atoms with van der Waals surface area (Å²) in [5, 5.41) is 11.7. The molecule has 0 saturated carbocycles. The van der Waals surface area contributed by atoms with Crippen molar-refractivity contribution in [3.05, 3.63) is 56.8 Å². The van der Waals surface area contributed by atoms with E-state index in [1.807, 2.05) is 0 Å². The van der Waals surface area contributed by atoms with Gasteiger partial charge in [0.05, 0.1) is 26.9 Å². The third-order valence-corrected chi connectivity index (χ3v) is 3.52. The van der Waals surface area contributed by atoms with E-state index in [1.54, 1.807) is 0 Å². The smallest absolute Gasteiger partial charge is 0.335 e. The molecule has 0 unspecified atom stereocenters. The highest BCUT2D eigenvalue weighted by molar-refractivity contribution is 6.41. The molecule has 0 bridgehead atoms. The van der Waals surface area contributed by atoms with Crippen LogP contribution in [0.3, 0.4) is 0 Å². The van der Waals surface area contributed by atoms with Gasteiger partial charge in [0.1, 0.15) is 5.15 Å². The van der Waals surface area contributed by atoms with Gasteiger partial charge < -0.3 is 10.4 Å². The van der Waals surface area contributed by atoms with Crippen LogP contribution in [0.5, 0.6) is 0 Å². The van der Waals surface area contributed by atoms with Crippen LogP contribution in [0, 0.1) is 0 Å². The zero-order chi connectivity index (χ0) is 15.6. The molecule has 1 heterocycles. The number of nitrogens with zero attached hydrogens (tertiary/aromatic N) is 1. The van der Waals surface area contributed by atoms with Gasteiger partial charge in [0, 0.05) is 6.20 Å². The van der Waals surface area contributed by atoms with E-state index in [4.69, 9.17) is 39.9 Å². The lowest BCUT2D eigenvalue weighted by Gasteiger charge is -2.08. The summed E-state index contributed by atoms with van der Waals surface area (Å²) in [5.41, 5.74) is 0.495. The van der Waals surface area contributed by atoms with E-state index in [-0.39, 0.29) is 32.0 Å². The van der Waals surface area contributed by atoms with E-state index in [0.717, 1.165) is 0 Å². The number of rotatable bonds is 3. The van der Waals surface area contributed by atoms with Crippen LogP contribution in [0.1, 0.15) is 20.7 Å². The Morgan fingerprint density at radius 1 is 1.05 bits per heavy atom. The van der Waals surface area contributed by atoms with E-state index in [0.29, 0.717) is 0 Å². The summed E-state index contributed by atoms with van der Waals surface area (Å²) >= 11 is 17.4. The number of hydrogen-bond acceptors (Lipinski definition) is 3. The SMILES string of the molecule is O=C(O)c1ccc(NC(=O)c2cnc(Cl)c(Cl)c2)c(Cl)c1. The zero-order valence-corrected chi connectivity index (χ0v) is 12.5. The summed E-state index contributed by atoms with van der Waals surface area (Å²) in [6.07, 6.45) is 1.27. The average molecular weight is 346 g/mol. The monoisotopic (exact) mass is 344 g/mol. The van der Waals surface area contributed by atoms with Gasteiger partial charge in [0.15, 0.2) is 0 Å². The Morgan fingerprint density at radius 2 is 1.71 bits per heavy atom. The second kappa shape index (κ2) is 6.30. The topological polar surface area (TPSA) is 79.3 Å². The second-order valence-corrected chi connectivity index (χ2v) is 5.12. The molecule has 2 N–H and O–H groups in total. The Labute approximate surface area is 134 Å². The molecule has 0 aliphatic carbocycles. The molecule has 5 nitrogen and oxygen atoms in total. The lowest BCUT2D eigenvalue weighted by atomic mass is 10.2. The van der Waals surface area contributed by atoms with Crippen molar-refractivity contribution in [2.24, 2.45) is 0 Å². The number of halogens is 3. The van der Waals surface area contributed by atoms with E-state index < -0.39 is 11.9 Å². The van der Waals surface area contributed by atoms with Crippen molar-refractivity contribution < 1.29 is 14.7 Å². The Bertz CT molecular complexity index is 735. The molecule has 1 aromatic heterocycles. The molecule has 1 aromatic carbocycles.